The van der Waals surface area contributed by atoms with Crippen molar-refractivity contribution in [2.45, 2.75) is 50.7 Å². The number of carbonyl (C=O) groups is 1. The molecule has 1 aliphatic carbocycles. The highest BCUT2D eigenvalue weighted by atomic mass is 35.5. The molecule has 3 N–H and O–H groups in total. The molecule has 2 aromatic rings. The lowest BCUT2D eigenvalue weighted by Crippen LogP contribution is -2.45. The predicted molar refractivity (Wildman–Crippen MR) is 115 cm³/mol. The molecule has 1 aromatic carbocycles. The Hall–Kier alpha value is -1.89. The van der Waals surface area contributed by atoms with Gasteiger partial charge in [-0.2, -0.15) is 0 Å². The first-order valence-electron chi connectivity index (χ1n) is 10.4. The van der Waals surface area contributed by atoms with Gasteiger partial charge in [0, 0.05) is 25.0 Å². The van der Waals surface area contributed by atoms with Crippen molar-refractivity contribution < 1.29 is 15.0 Å². The Morgan fingerprint density at radius 3 is 2.90 bits per heavy atom. The van der Waals surface area contributed by atoms with Crippen LogP contribution in [0.3, 0.4) is 0 Å². The number of nitrogens with zero attached hydrogens (tertiary/aromatic N) is 2. The molecule has 0 unspecified atom stereocenters. The van der Waals surface area contributed by atoms with E-state index in [4.69, 9.17) is 11.6 Å². The predicted octanol–water partition coefficient (Wildman–Crippen LogP) is 3.13. The lowest BCUT2D eigenvalue weighted by Gasteiger charge is -2.35. The van der Waals surface area contributed by atoms with Crippen molar-refractivity contribution in [2.24, 2.45) is 5.92 Å². The number of carbonyl (C=O) groups excluding carboxylic acids is 1. The second kappa shape index (κ2) is 8.09. The molecule has 0 spiro atoms. The first-order valence-corrected chi connectivity index (χ1v) is 10.8. The van der Waals surface area contributed by atoms with E-state index in [1.807, 2.05) is 17.0 Å². The van der Waals surface area contributed by atoms with Crippen LogP contribution < -0.4 is 10.2 Å². The maximum Gasteiger partial charge on any atom is 0.253 e. The molecule has 1 aliphatic heterocycles. The third-order valence-electron chi connectivity index (χ3n) is 6.17. The zero-order valence-electron chi connectivity index (χ0n) is 16.7. The van der Waals surface area contributed by atoms with Crippen LogP contribution in [0.2, 0.25) is 5.02 Å². The van der Waals surface area contributed by atoms with Crippen LogP contribution in [0.15, 0.2) is 24.3 Å². The van der Waals surface area contributed by atoms with Gasteiger partial charge in [0.15, 0.2) is 0 Å². The van der Waals surface area contributed by atoms with Crippen molar-refractivity contribution in [3.05, 3.63) is 34.9 Å². The molecule has 0 bridgehead atoms. The molecule has 2 aliphatic rings. The van der Waals surface area contributed by atoms with Gasteiger partial charge in [-0.15, -0.1) is 0 Å². The Bertz CT molecular complexity index is 922. The van der Waals surface area contributed by atoms with Crippen LogP contribution in [-0.2, 0) is 0 Å². The summed E-state index contributed by atoms with van der Waals surface area (Å²) in [6, 6.07) is 7.22. The summed E-state index contributed by atoms with van der Waals surface area (Å²) in [5.41, 5.74) is 0.215. The lowest BCUT2D eigenvalue weighted by molar-refractivity contribution is -0.0109. The van der Waals surface area contributed by atoms with Gasteiger partial charge in [0.2, 0.25) is 0 Å². The first-order chi connectivity index (χ1) is 13.8. The number of hydrogen-bond acceptors (Lipinski definition) is 5. The van der Waals surface area contributed by atoms with Crippen LogP contribution in [0.1, 0.15) is 49.4 Å². The van der Waals surface area contributed by atoms with Crippen molar-refractivity contribution in [1.29, 1.82) is 0 Å². The summed E-state index contributed by atoms with van der Waals surface area (Å²) < 4.78 is 0. The Morgan fingerprint density at radius 2 is 2.17 bits per heavy atom. The Morgan fingerprint density at radius 1 is 1.34 bits per heavy atom. The fourth-order valence-electron chi connectivity index (χ4n) is 4.65. The molecule has 4 rings (SSSR count). The van der Waals surface area contributed by atoms with Gasteiger partial charge in [-0.3, -0.25) is 4.79 Å². The van der Waals surface area contributed by atoms with Gasteiger partial charge in [0.05, 0.1) is 27.8 Å². The van der Waals surface area contributed by atoms with E-state index < -0.39 is 5.60 Å². The quantitative estimate of drug-likeness (QED) is 0.711. The molecular weight excluding hydrogens is 390 g/mol. The third kappa shape index (κ3) is 4.34. The number of pyridine rings is 1. The van der Waals surface area contributed by atoms with Crippen LogP contribution in [0.25, 0.3) is 10.9 Å². The number of β-amino-alcohol motifs (C(OH)–C–C–N with tert-alkyl or cyclic N) is 1. The smallest absolute Gasteiger partial charge is 0.253 e. The van der Waals surface area contributed by atoms with Crippen LogP contribution in [0.5, 0.6) is 0 Å². The van der Waals surface area contributed by atoms with Crippen molar-refractivity contribution in [1.82, 2.24) is 10.3 Å². The van der Waals surface area contributed by atoms with Gasteiger partial charge >= 0.3 is 0 Å². The molecule has 3 atom stereocenters. The molecular formula is C22H28ClN3O3. The van der Waals surface area contributed by atoms with E-state index in [1.165, 1.54) is 0 Å². The van der Waals surface area contributed by atoms with Crippen LogP contribution in [-0.4, -0.2) is 52.4 Å². The molecule has 0 radical (unpaired) electrons. The van der Waals surface area contributed by atoms with Gasteiger partial charge in [0.1, 0.15) is 5.82 Å². The number of anilines is 1. The average Bonchev–Trinajstić information content (AvgIpc) is 3.12. The highest BCUT2D eigenvalue weighted by Gasteiger charge is 2.33. The summed E-state index contributed by atoms with van der Waals surface area (Å²) in [6.45, 7) is 3.68. The molecule has 1 amide bonds. The summed E-state index contributed by atoms with van der Waals surface area (Å²) in [5, 5.41) is 24.5. The van der Waals surface area contributed by atoms with Gasteiger partial charge in [-0.25, -0.2) is 4.98 Å². The van der Waals surface area contributed by atoms with E-state index in [0.29, 0.717) is 46.8 Å². The highest BCUT2D eigenvalue weighted by Crippen LogP contribution is 2.32. The number of aliphatic hydroxyl groups excluding tert-OH is 1. The highest BCUT2D eigenvalue weighted by molar-refractivity contribution is 6.35. The molecule has 156 valence electrons. The first kappa shape index (κ1) is 20.4. The van der Waals surface area contributed by atoms with Gasteiger partial charge < -0.3 is 20.4 Å². The van der Waals surface area contributed by atoms with Crippen LogP contribution in [0, 0.1) is 5.92 Å². The molecule has 1 aromatic heterocycles. The molecule has 6 nitrogen and oxygen atoms in total. The standard InChI is InChI=1S/C22H28ClN3O3/c1-14-3-2-9-22(29,11-14)13-24-21(28)20-16-4-7-19(26-10-8-15(27)12-26)25-18(16)6-5-17(20)23/h4-7,14-15,27,29H,2-3,8-13H2,1H3,(H,24,28)/t14-,15-,22-/m0/s1. The van der Waals surface area contributed by atoms with Crippen molar-refractivity contribution in [3.63, 3.8) is 0 Å². The minimum Gasteiger partial charge on any atom is -0.391 e. The van der Waals surface area contributed by atoms with E-state index >= 15 is 0 Å². The van der Waals surface area contributed by atoms with Crippen molar-refractivity contribution in [3.8, 4) is 0 Å². The fraction of sp³-hybridized carbons (Fsp3) is 0.545. The summed E-state index contributed by atoms with van der Waals surface area (Å²) in [5.74, 6) is 0.949. The maximum absolute atomic E-state index is 13.0. The van der Waals surface area contributed by atoms with E-state index in [1.54, 1.807) is 12.1 Å². The number of fused-ring (bicyclic) bond motifs is 1. The zero-order chi connectivity index (χ0) is 20.6. The van der Waals surface area contributed by atoms with Crippen LogP contribution in [0.4, 0.5) is 5.82 Å². The minimum atomic E-state index is -0.855. The average molecular weight is 418 g/mol. The topological polar surface area (TPSA) is 85.7 Å². The number of amides is 1. The van der Waals surface area contributed by atoms with E-state index in [9.17, 15) is 15.0 Å². The number of hydrogen-bond donors (Lipinski definition) is 3. The maximum atomic E-state index is 13.0. The Kier molecular flexibility index (Phi) is 5.69. The SMILES string of the molecule is C[C@H]1CCC[C@@](O)(CNC(=O)c2c(Cl)ccc3nc(N4CC[C@H](O)C4)ccc23)C1. The minimum absolute atomic E-state index is 0.222. The molecule has 2 fully saturated rings. The molecule has 29 heavy (non-hydrogen) atoms. The number of nitrogens with one attached hydrogen (secondary N) is 1. The van der Waals surface area contributed by atoms with E-state index in [2.05, 4.69) is 17.2 Å². The number of benzene rings is 1. The Balaban J connectivity index is 1.56. The molecule has 2 heterocycles. The summed E-state index contributed by atoms with van der Waals surface area (Å²) in [4.78, 5) is 19.7. The lowest BCUT2D eigenvalue weighted by atomic mass is 9.79. The molecule has 7 heteroatoms. The third-order valence-corrected chi connectivity index (χ3v) is 6.48. The summed E-state index contributed by atoms with van der Waals surface area (Å²) >= 11 is 6.37. The zero-order valence-corrected chi connectivity index (χ0v) is 17.5. The van der Waals surface area contributed by atoms with Crippen molar-refractivity contribution >= 4 is 34.2 Å². The molecule has 1 saturated carbocycles. The number of aliphatic hydroxyl groups is 2. The van der Waals surface area contributed by atoms with Gasteiger partial charge in [0.25, 0.3) is 5.91 Å². The van der Waals surface area contributed by atoms with Crippen LogP contribution >= 0.6 is 11.6 Å². The normalized spacial score (nSPS) is 27.4. The van der Waals surface area contributed by atoms with E-state index in [0.717, 1.165) is 31.6 Å². The number of halogens is 1. The number of rotatable bonds is 4. The summed E-state index contributed by atoms with van der Waals surface area (Å²) in [6.07, 6.45) is 3.90. The molecule has 1 saturated heterocycles. The second-order valence-corrected chi connectivity index (χ2v) is 9.06. The van der Waals surface area contributed by atoms with E-state index in [-0.39, 0.29) is 18.6 Å². The second-order valence-electron chi connectivity index (χ2n) is 8.66. The largest absolute Gasteiger partial charge is 0.391 e. The fourth-order valence-corrected chi connectivity index (χ4v) is 4.90. The summed E-state index contributed by atoms with van der Waals surface area (Å²) in [7, 11) is 0. The Labute approximate surface area is 175 Å². The number of aromatic nitrogens is 1. The van der Waals surface area contributed by atoms with Gasteiger partial charge in [-0.05, 0) is 49.4 Å². The van der Waals surface area contributed by atoms with Crippen molar-refractivity contribution in [2.75, 3.05) is 24.5 Å². The van der Waals surface area contributed by atoms with Gasteiger partial charge in [-0.1, -0.05) is 31.4 Å². The monoisotopic (exact) mass is 417 g/mol.